The van der Waals surface area contributed by atoms with Gasteiger partial charge in [-0.1, -0.05) is 0 Å². The summed E-state index contributed by atoms with van der Waals surface area (Å²) >= 11 is 0. The number of hydrogen-bond donors (Lipinski definition) is 1. The number of nitrogens with zero attached hydrogens (tertiary/aromatic N) is 2. The second-order valence-electron chi connectivity index (χ2n) is 3.66. The van der Waals surface area contributed by atoms with Crippen LogP contribution in [0.15, 0.2) is 12.3 Å². The molecule has 1 saturated heterocycles. The molecule has 84 valence electrons. The summed E-state index contributed by atoms with van der Waals surface area (Å²) in [6, 6.07) is 3.58. The number of pyridine rings is 1. The van der Waals surface area contributed by atoms with Crippen LogP contribution in [0.1, 0.15) is 18.4 Å². The molecule has 0 aromatic carbocycles. The van der Waals surface area contributed by atoms with Crippen LogP contribution in [0, 0.1) is 11.3 Å². The Hall–Kier alpha value is -1.80. The molecule has 1 aliphatic rings. The van der Waals surface area contributed by atoms with Crippen molar-refractivity contribution in [2.75, 3.05) is 18.9 Å². The average molecular weight is 219 g/mol. The topological polar surface area (TPSA) is 81.2 Å². The molecule has 1 atom stereocenters. The highest BCUT2D eigenvalue weighted by Crippen LogP contribution is 2.20. The lowest BCUT2D eigenvalue weighted by Crippen LogP contribution is -2.16. The summed E-state index contributed by atoms with van der Waals surface area (Å²) in [5.41, 5.74) is 5.93. The third-order valence-electron chi connectivity index (χ3n) is 2.46. The lowest BCUT2D eigenvalue weighted by molar-refractivity contribution is 0.0678. The van der Waals surface area contributed by atoms with Crippen LogP contribution in [-0.2, 0) is 4.74 Å². The fraction of sp³-hybridized carbons (Fsp3) is 0.455. The third kappa shape index (κ3) is 2.41. The highest BCUT2D eigenvalue weighted by atomic mass is 16.5. The predicted molar refractivity (Wildman–Crippen MR) is 57.8 cm³/mol. The van der Waals surface area contributed by atoms with Gasteiger partial charge in [0.05, 0.1) is 12.3 Å². The molecule has 5 heteroatoms. The molecule has 1 aromatic heterocycles. The van der Waals surface area contributed by atoms with E-state index in [4.69, 9.17) is 20.5 Å². The second kappa shape index (κ2) is 4.81. The molecule has 1 aliphatic heterocycles. The number of nitrogen functional groups attached to an aromatic ring is 1. The maximum absolute atomic E-state index is 8.86. The van der Waals surface area contributed by atoms with Gasteiger partial charge in [0.25, 0.3) is 0 Å². The molecule has 1 aromatic rings. The van der Waals surface area contributed by atoms with Crippen molar-refractivity contribution in [1.82, 2.24) is 4.98 Å². The zero-order chi connectivity index (χ0) is 11.4. The summed E-state index contributed by atoms with van der Waals surface area (Å²) in [6.45, 7) is 1.25. The molecule has 0 radical (unpaired) electrons. The summed E-state index contributed by atoms with van der Waals surface area (Å²) in [4.78, 5) is 3.83. The first-order chi connectivity index (χ1) is 7.79. The first-order valence-corrected chi connectivity index (χ1v) is 5.19. The molecule has 1 fully saturated rings. The number of anilines is 1. The van der Waals surface area contributed by atoms with Crippen molar-refractivity contribution in [3.63, 3.8) is 0 Å². The number of ether oxygens (including phenoxy) is 2. The first-order valence-electron chi connectivity index (χ1n) is 5.19. The molecule has 0 bridgehead atoms. The minimum Gasteiger partial charge on any atom is -0.489 e. The average Bonchev–Trinajstić information content (AvgIpc) is 2.79. The Morgan fingerprint density at radius 1 is 1.69 bits per heavy atom. The van der Waals surface area contributed by atoms with Gasteiger partial charge in [-0.3, -0.25) is 0 Å². The SMILES string of the molecule is N#Cc1cnc(N)cc1OC[C@H]1CCCO1. The van der Waals surface area contributed by atoms with Crippen LogP contribution >= 0.6 is 0 Å². The van der Waals surface area contributed by atoms with Crippen LogP contribution in [0.4, 0.5) is 5.82 Å². The van der Waals surface area contributed by atoms with Gasteiger partial charge in [0, 0.05) is 12.7 Å². The van der Waals surface area contributed by atoms with Gasteiger partial charge in [-0.25, -0.2) is 4.98 Å². The minimum absolute atomic E-state index is 0.126. The van der Waals surface area contributed by atoms with Gasteiger partial charge in [0.2, 0.25) is 0 Å². The Labute approximate surface area is 93.8 Å². The quantitative estimate of drug-likeness (QED) is 0.823. The highest BCUT2D eigenvalue weighted by molar-refractivity contribution is 5.47. The molecule has 16 heavy (non-hydrogen) atoms. The Kier molecular flexibility index (Phi) is 3.22. The van der Waals surface area contributed by atoms with Crippen molar-refractivity contribution in [3.05, 3.63) is 17.8 Å². The molecule has 2 N–H and O–H groups in total. The van der Waals surface area contributed by atoms with E-state index in [0.717, 1.165) is 19.4 Å². The number of rotatable bonds is 3. The van der Waals surface area contributed by atoms with Crippen LogP contribution in [0.5, 0.6) is 5.75 Å². The van der Waals surface area contributed by atoms with Gasteiger partial charge >= 0.3 is 0 Å². The molecular weight excluding hydrogens is 206 g/mol. The molecular formula is C11H13N3O2. The van der Waals surface area contributed by atoms with E-state index in [1.54, 1.807) is 6.07 Å². The van der Waals surface area contributed by atoms with Gasteiger partial charge in [0.15, 0.2) is 0 Å². The van der Waals surface area contributed by atoms with E-state index in [1.807, 2.05) is 6.07 Å². The van der Waals surface area contributed by atoms with Crippen molar-refractivity contribution in [3.8, 4) is 11.8 Å². The van der Waals surface area contributed by atoms with Crippen molar-refractivity contribution in [2.45, 2.75) is 18.9 Å². The molecule has 0 aliphatic carbocycles. The molecule has 0 amide bonds. The van der Waals surface area contributed by atoms with Crippen molar-refractivity contribution in [2.24, 2.45) is 0 Å². The third-order valence-corrected chi connectivity index (χ3v) is 2.46. The van der Waals surface area contributed by atoms with Gasteiger partial charge in [-0.15, -0.1) is 0 Å². The number of nitrogens with two attached hydrogens (primary N) is 1. The van der Waals surface area contributed by atoms with Crippen molar-refractivity contribution < 1.29 is 9.47 Å². The molecule has 2 heterocycles. The fourth-order valence-corrected chi connectivity index (χ4v) is 1.61. The summed E-state index contributed by atoms with van der Waals surface area (Å²) in [7, 11) is 0. The zero-order valence-electron chi connectivity index (χ0n) is 8.85. The summed E-state index contributed by atoms with van der Waals surface area (Å²) in [5.74, 6) is 0.826. The van der Waals surface area contributed by atoms with Crippen LogP contribution in [-0.4, -0.2) is 24.3 Å². The Morgan fingerprint density at radius 3 is 3.25 bits per heavy atom. The van der Waals surface area contributed by atoms with Crippen LogP contribution < -0.4 is 10.5 Å². The molecule has 0 spiro atoms. The lowest BCUT2D eigenvalue weighted by Gasteiger charge is -2.12. The van der Waals surface area contributed by atoms with E-state index in [2.05, 4.69) is 4.98 Å². The summed E-state index contributed by atoms with van der Waals surface area (Å²) in [6.07, 6.45) is 3.61. The minimum atomic E-state index is 0.126. The van der Waals surface area contributed by atoms with Crippen LogP contribution in [0.3, 0.4) is 0 Å². The number of nitriles is 1. The molecule has 0 unspecified atom stereocenters. The molecule has 0 saturated carbocycles. The predicted octanol–water partition coefficient (Wildman–Crippen LogP) is 1.09. The van der Waals surface area contributed by atoms with Gasteiger partial charge < -0.3 is 15.2 Å². The monoisotopic (exact) mass is 219 g/mol. The van der Waals surface area contributed by atoms with Gasteiger partial charge in [0.1, 0.15) is 29.8 Å². The van der Waals surface area contributed by atoms with Crippen molar-refractivity contribution in [1.29, 1.82) is 5.26 Å². The molecule has 5 nitrogen and oxygen atoms in total. The Bertz CT molecular complexity index is 408. The van der Waals surface area contributed by atoms with E-state index in [0.29, 0.717) is 23.7 Å². The second-order valence-corrected chi connectivity index (χ2v) is 3.66. The summed E-state index contributed by atoms with van der Waals surface area (Å²) in [5, 5.41) is 8.86. The standard InChI is InChI=1S/C11H13N3O2/c12-5-8-6-14-11(13)4-10(8)16-7-9-2-1-3-15-9/h4,6,9H,1-3,7H2,(H2,13,14)/t9-/m1/s1. The fourth-order valence-electron chi connectivity index (χ4n) is 1.61. The Balaban J connectivity index is 2.02. The van der Waals surface area contributed by atoms with E-state index < -0.39 is 0 Å². The van der Waals surface area contributed by atoms with Crippen molar-refractivity contribution >= 4 is 5.82 Å². The maximum atomic E-state index is 8.86. The molecule has 2 rings (SSSR count). The maximum Gasteiger partial charge on any atom is 0.142 e. The van der Waals surface area contributed by atoms with Crippen LogP contribution in [0.25, 0.3) is 0 Å². The number of hydrogen-bond acceptors (Lipinski definition) is 5. The van der Waals surface area contributed by atoms with E-state index in [-0.39, 0.29) is 6.10 Å². The van der Waals surface area contributed by atoms with Gasteiger partial charge in [-0.2, -0.15) is 5.26 Å². The van der Waals surface area contributed by atoms with E-state index in [9.17, 15) is 0 Å². The first kappa shape index (κ1) is 10.7. The summed E-state index contributed by atoms with van der Waals surface area (Å²) < 4.78 is 10.9. The Morgan fingerprint density at radius 2 is 2.56 bits per heavy atom. The zero-order valence-corrected chi connectivity index (χ0v) is 8.85. The van der Waals surface area contributed by atoms with E-state index >= 15 is 0 Å². The normalized spacial score (nSPS) is 19.3. The largest absolute Gasteiger partial charge is 0.489 e. The number of aromatic nitrogens is 1. The van der Waals surface area contributed by atoms with Crippen LogP contribution in [0.2, 0.25) is 0 Å². The lowest BCUT2D eigenvalue weighted by atomic mass is 10.2. The highest BCUT2D eigenvalue weighted by Gasteiger charge is 2.16. The smallest absolute Gasteiger partial charge is 0.142 e. The van der Waals surface area contributed by atoms with Gasteiger partial charge in [-0.05, 0) is 12.8 Å². The van der Waals surface area contributed by atoms with E-state index in [1.165, 1.54) is 6.20 Å².